The number of nitro benzene ring substituents is 1. The summed E-state index contributed by atoms with van der Waals surface area (Å²) < 4.78 is 26.4. The first-order chi connectivity index (χ1) is 9.37. The molecule has 0 bridgehead atoms. The molecule has 0 saturated carbocycles. The van der Waals surface area contributed by atoms with Crippen LogP contribution in [0.3, 0.4) is 0 Å². The summed E-state index contributed by atoms with van der Waals surface area (Å²) in [6, 6.07) is 3.34. The minimum Gasteiger partial charge on any atom is -0.395 e. The van der Waals surface area contributed by atoms with Gasteiger partial charge in [-0.15, -0.1) is 0 Å². The van der Waals surface area contributed by atoms with Crippen molar-refractivity contribution in [3.05, 3.63) is 33.9 Å². The smallest absolute Gasteiger partial charge is 0.270 e. The van der Waals surface area contributed by atoms with Crippen molar-refractivity contribution >= 4 is 15.7 Å². The van der Waals surface area contributed by atoms with Crippen molar-refractivity contribution in [3.63, 3.8) is 0 Å². The van der Waals surface area contributed by atoms with Crippen LogP contribution in [-0.2, 0) is 10.0 Å². The van der Waals surface area contributed by atoms with Gasteiger partial charge in [-0.3, -0.25) is 10.1 Å². The number of aryl methyl sites for hydroxylation is 1. The van der Waals surface area contributed by atoms with E-state index in [1.54, 1.807) is 6.92 Å². The van der Waals surface area contributed by atoms with Gasteiger partial charge in [-0.05, 0) is 25.3 Å². The first-order valence-corrected chi connectivity index (χ1v) is 7.69. The number of non-ortho nitro benzene ring substituents is 1. The monoisotopic (exact) mass is 300 g/mol. The molecule has 0 aromatic heterocycles. The van der Waals surface area contributed by atoms with Gasteiger partial charge in [-0.1, -0.05) is 6.07 Å². The van der Waals surface area contributed by atoms with Gasteiger partial charge in [0.25, 0.3) is 5.69 Å². The molecule has 2 rings (SSSR count). The summed E-state index contributed by atoms with van der Waals surface area (Å²) in [5.74, 6) is 0. The summed E-state index contributed by atoms with van der Waals surface area (Å²) in [5.41, 5.74) is 0.202. The second kappa shape index (κ2) is 5.47. The fourth-order valence-electron chi connectivity index (χ4n) is 2.41. The van der Waals surface area contributed by atoms with E-state index in [1.165, 1.54) is 16.4 Å². The van der Waals surface area contributed by atoms with Crippen LogP contribution in [0.4, 0.5) is 5.69 Å². The molecule has 7 nitrogen and oxygen atoms in total. The molecule has 1 aliphatic heterocycles. The van der Waals surface area contributed by atoms with Crippen LogP contribution in [0.2, 0.25) is 0 Å². The molecule has 20 heavy (non-hydrogen) atoms. The molecule has 0 aliphatic carbocycles. The van der Waals surface area contributed by atoms with Crippen LogP contribution < -0.4 is 0 Å². The average Bonchev–Trinajstić information content (AvgIpc) is 2.87. The Morgan fingerprint density at radius 3 is 2.80 bits per heavy atom. The largest absolute Gasteiger partial charge is 0.395 e. The molecule has 0 spiro atoms. The lowest BCUT2D eigenvalue weighted by molar-refractivity contribution is -0.385. The van der Waals surface area contributed by atoms with E-state index in [0.29, 0.717) is 24.9 Å². The highest BCUT2D eigenvalue weighted by Gasteiger charge is 2.36. The highest BCUT2D eigenvalue weighted by molar-refractivity contribution is 7.89. The van der Waals surface area contributed by atoms with Crippen LogP contribution in [0.1, 0.15) is 18.4 Å². The second-order valence-corrected chi connectivity index (χ2v) is 6.66. The lowest BCUT2D eigenvalue weighted by Crippen LogP contribution is -2.37. The predicted molar refractivity (Wildman–Crippen MR) is 71.8 cm³/mol. The number of aliphatic hydroxyl groups is 1. The Morgan fingerprint density at radius 1 is 1.50 bits per heavy atom. The zero-order valence-corrected chi connectivity index (χ0v) is 11.8. The van der Waals surface area contributed by atoms with Crippen LogP contribution >= 0.6 is 0 Å². The van der Waals surface area contributed by atoms with E-state index in [9.17, 15) is 23.6 Å². The number of hydrogen-bond acceptors (Lipinski definition) is 5. The van der Waals surface area contributed by atoms with Crippen molar-refractivity contribution in [2.45, 2.75) is 30.7 Å². The Kier molecular flexibility index (Phi) is 4.07. The quantitative estimate of drug-likeness (QED) is 0.661. The number of benzene rings is 1. The molecule has 0 radical (unpaired) electrons. The fourth-order valence-corrected chi connectivity index (χ4v) is 4.35. The molecule has 1 N–H and O–H groups in total. The molecular weight excluding hydrogens is 284 g/mol. The Bertz CT molecular complexity index is 629. The van der Waals surface area contributed by atoms with Crippen molar-refractivity contribution in [1.82, 2.24) is 4.31 Å². The summed E-state index contributed by atoms with van der Waals surface area (Å²) in [5, 5.41) is 20.0. The van der Waals surface area contributed by atoms with Crippen molar-refractivity contribution in [2.24, 2.45) is 0 Å². The lowest BCUT2D eigenvalue weighted by Gasteiger charge is -2.23. The Morgan fingerprint density at radius 2 is 2.20 bits per heavy atom. The Balaban J connectivity index is 2.48. The van der Waals surface area contributed by atoms with E-state index in [2.05, 4.69) is 0 Å². The predicted octanol–water partition coefficient (Wildman–Crippen LogP) is 1.05. The normalized spacial score (nSPS) is 20.2. The van der Waals surface area contributed by atoms with E-state index >= 15 is 0 Å². The molecule has 1 saturated heterocycles. The van der Waals surface area contributed by atoms with E-state index < -0.39 is 21.0 Å². The van der Waals surface area contributed by atoms with E-state index in [0.717, 1.165) is 6.07 Å². The topological polar surface area (TPSA) is 101 Å². The minimum absolute atomic E-state index is 0.0629. The Labute approximate surface area is 117 Å². The summed E-state index contributed by atoms with van der Waals surface area (Å²) in [4.78, 5) is 10.1. The maximum absolute atomic E-state index is 12.6. The second-order valence-electron chi connectivity index (χ2n) is 4.80. The fraction of sp³-hybridized carbons (Fsp3) is 0.500. The van der Waals surface area contributed by atoms with Crippen LogP contribution in [0.15, 0.2) is 23.1 Å². The number of nitro groups is 1. The molecule has 8 heteroatoms. The van der Waals surface area contributed by atoms with Gasteiger partial charge in [-0.25, -0.2) is 8.42 Å². The standard InChI is InChI=1S/C12H16N2O5S/c1-9-4-5-10(14(16)17)7-12(9)20(18,19)13-6-2-3-11(13)8-15/h4-5,7,11,15H,2-3,6,8H2,1H3. The van der Waals surface area contributed by atoms with Crippen LogP contribution in [0.25, 0.3) is 0 Å². The summed E-state index contributed by atoms with van der Waals surface area (Å²) in [6.45, 7) is 1.68. The third-order valence-corrected chi connectivity index (χ3v) is 5.60. The van der Waals surface area contributed by atoms with E-state index in [-0.39, 0.29) is 17.2 Å². The van der Waals surface area contributed by atoms with Gasteiger partial charge in [0.2, 0.25) is 10.0 Å². The van der Waals surface area contributed by atoms with Crippen LogP contribution in [0, 0.1) is 17.0 Å². The van der Waals surface area contributed by atoms with Crippen LogP contribution in [0.5, 0.6) is 0 Å². The van der Waals surface area contributed by atoms with Crippen LogP contribution in [-0.4, -0.2) is 41.9 Å². The van der Waals surface area contributed by atoms with Crippen molar-refractivity contribution in [1.29, 1.82) is 0 Å². The number of rotatable bonds is 4. The summed E-state index contributed by atoms with van der Waals surface area (Å²) in [7, 11) is -3.82. The summed E-state index contributed by atoms with van der Waals surface area (Å²) in [6.07, 6.45) is 1.28. The molecule has 1 unspecified atom stereocenters. The zero-order chi connectivity index (χ0) is 14.9. The van der Waals surface area contributed by atoms with E-state index in [1.807, 2.05) is 0 Å². The number of aliphatic hydroxyl groups excluding tert-OH is 1. The van der Waals surface area contributed by atoms with Gasteiger partial charge in [0.15, 0.2) is 0 Å². The lowest BCUT2D eigenvalue weighted by atomic mass is 10.2. The number of sulfonamides is 1. The third kappa shape index (κ3) is 2.54. The van der Waals surface area contributed by atoms with Crippen molar-refractivity contribution < 1.29 is 18.4 Å². The molecule has 1 aromatic rings. The van der Waals surface area contributed by atoms with Crippen molar-refractivity contribution in [2.75, 3.05) is 13.2 Å². The van der Waals surface area contributed by atoms with Gasteiger partial charge in [0.05, 0.1) is 16.4 Å². The van der Waals surface area contributed by atoms with Gasteiger partial charge < -0.3 is 5.11 Å². The maximum atomic E-state index is 12.6. The summed E-state index contributed by atoms with van der Waals surface area (Å²) >= 11 is 0. The SMILES string of the molecule is Cc1ccc([N+](=O)[O-])cc1S(=O)(=O)N1CCCC1CO. The van der Waals surface area contributed by atoms with Gasteiger partial charge in [0, 0.05) is 24.7 Å². The molecule has 110 valence electrons. The molecule has 0 amide bonds. The average molecular weight is 300 g/mol. The molecule has 1 atom stereocenters. The minimum atomic E-state index is -3.82. The van der Waals surface area contributed by atoms with Gasteiger partial charge in [0.1, 0.15) is 0 Å². The first-order valence-electron chi connectivity index (χ1n) is 6.25. The highest BCUT2D eigenvalue weighted by atomic mass is 32.2. The molecule has 1 aromatic carbocycles. The number of hydrogen-bond donors (Lipinski definition) is 1. The highest BCUT2D eigenvalue weighted by Crippen LogP contribution is 2.29. The molecular formula is C12H16N2O5S. The number of nitrogens with zero attached hydrogens (tertiary/aromatic N) is 2. The van der Waals surface area contributed by atoms with Gasteiger partial charge in [-0.2, -0.15) is 4.31 Å². The first kappa shape index (κ1) is 14.9. The molecule has 1 fully saturated rings. The van der Waals surface area contributed by atoms with Gasteiger partial charge >= 0.3 is 0 Å². The maximum Gasteiger partial charge on any atom is 0.270 e. The van der Waals surface area contributed by atoms with Crippen molar-refractivity contribution in [3.8, 4) is 0 Å². The molecule has 1 aliphatic rings. The third-order valence-electron chi connectivity index (χ3n) is 3.50. The van der Waals surface area contributed by atoms with E-state index in [4.69, 9.17) is 0 Å². The zero-order valence-electron chi connectivity index (χ0n) is 11.0. The Hall–Kier alpha value is -1.51. The molecule has 1 heterocycles.